The molecule has 0 saturated carbocycles. The first kappa shape index (κ1) is 13.0. The van der Waals surface area contributed by atoms with Crippen LogP contribution in [0.15, 0.2) is 18.3 Å². The van der Waals surface area contributed by atoms with Crippen LogP contribution in [-0.2, 0) is 0 Å². The van der Waals surface area contributed by atoms with E-state index in [-0.39, 0.29) is 0 Å². The van der Waals surface area contributed by atoms with Crippen LogP contribution in [0.5, 0.6) is 0 Å². The van der Waals surface area contributed by atoms with Crippen LogP contribution in [0.25, 0.3) is 11.2 Å². The zero-order valence-electron chi connectivity index (χ0n) is 11.5. The maximum Gasteiger partial charge on any atom is 0.161 e. The summed E-state index contributed by atoms with van der Waals surface area (Å²) in [7, 11) is 0. The Morgan fingerprint density at radius 1 is 1.10 bits per heavy atom. The predicted molar refractivity (Wildman–Crippen MR) is 87.3 cm³/mol. The van der Waals surface area contributed by atoms with Gasteiger partial charge in [-0.1, -0.05) is 6.42 Å². The molecule has 2 aromatic heterocycles. The van der Waals surface area contributed by atoms with Crippen LogP contribution in [0.4, 0.5) is 0 Å². The van der Waals surface area contributed by atoms with Crippen molar-refractivity contribution in [2.45, 2.75) is 42.7 Å². The van der Waals surface area contributed by atoms with Gasteiger partial charge in [-0.25, -0.2) is 9.97 Å². The average Bonchev–Trinajstić information content (AvgIpc) is 3.14. The van der Waals surface area contributed by atoms with Crippen molar-refractivity contribution in [3.63, 3.8) is 0 Å². The van der Waals surface area contributed by atoms with Crippen molar-refractivity contribution in [1.29, 1.82) is 0 Å². The molecule has 20 heavy (non-hydrogen) atoms. The molecule has 2 aromatic rings. The Kier molecular flexibility index (Phi) is 3.65. The molecular formula is C15H19N3S2. The number of rotatable bonds is 2. The summed E-state index contributed by atoms with van der Waals surface area (Å²) < 4.78 is 2.45. The van der Waals surface area contributed by atoms with Crippen molar-refractivity contribution in [2.75, 3.05) is 11.5 Å². The largest absolute Gasteiger partial charge is 0.299 e. The topological polar surface area (TPSA) is 30.7 Å². The van der Waals surface area contributed by atoms with E-state index in [0.717, 1.165) is 11.2 Å². The molecule has 0 aliphatic carbocycles. The summed E-state index contributed by atoms with van der Waals surface area (Å²) in [6.45, 7) is 0. The van der Waals surface area contributed by atoms with Crippen molar-refractivity contribution in [3.8, 4) is 0 Å². The quantitative estimate of drug-likeness (QED) is 0.822. The highest BCUT2D eigenvalue weighted by Gasteiger charge is 2.28. The van der Waals surface area contributed by atoms with Gasteiger partial charge in [0.15, 0.2) is 5.65 Å². The van der Waals surface area contributed by atoms with Gasteiger partial charge in [-0.15, -0.1) is 11.8 Å². The van der Waals surface area contributed by atoms with Gasteiger partial charge in [0.1, 0.15) is 11.3 Å². The van der Waals surface area contributed by atoms with Gasteiger partial charge >= 0.3 is 0 Å². The van der Waals surface area contributed by atoms with E-state index in [1.807, 2.05) is 12.3 Å². The fraction of sp³-hybridized carbons (Fsp3) is 0.600. The number of aromatic nitrogens is 3. The first-order valence-corrected chi connectivity index (χ1v) is 9.59. The molecule has 2 saturated heterocycles. The Bertz CT molecular complexity index is 598. The highest BCUT2D eigenvalue weighted by atomic mass is 32.2. The molecule has 2 atom stereocenters. The zero-order chi connectivity index (χ0) is 13.4. The molecule has 0 aromatic carbocycles. The van der Waals surface area contributed by atoms with Crippen LogP contribution in [0.3, 0.4) is 0 Å². The van der Waals surface area contributed by atoms with Crippen LogP contribution in [-0.4, -0.2) is 26.0 Å². The lowest BCUT2D eigenvalue weighted by molar-refractivity contribution is 0.587. The Morgan fingerprint density at radius 3 is 2.85 bits per heavy atom. The van der Waals surface area contributed by atoms with Gasteiger partial charge in [0, 0.05) is 6.20 Å². The van der Waals surface area contributed by atoms with Crippen molar-refractivity contribution >= 4 is 34.7 Å². The molecule has 0 radical (unpaired) electrons. The molecule has 0 bridgehead atoms. The highest BCUT2D eigenvalue weighted by molar-refractivity contribution is 7.99. The second-order valence-electron chi connectivity index (χ2n) is 5.51. The molecule has 106 valence electrons. The molecule has 0 spiro atoms. The number of imidazole rings is 1. The molecule has 4 heterocycles. The van der Waals surface area contributed by atoms with Gasteiger partial charge in [0.2, 0.25) is 0 Å². The normalized spacial score (nSPS) is 27.2. The lowest BCUT2D eigenvalue weighted by Crippen LogP contribution is -2.13. The van der Waals surface area contributed by atoms with E-state index < -0.39 is 0 Å². The standard InChI is InChI=1S/C15H19N3S2/c1-2-9-19-12(6-1)15-17-11-5-3-8-16-14(11)18(15)13-7-4-10-20-13/h3,5,8,12-13H,1-2,4,6-7,9-10H2. The number of nitrogens with zero attached hydrogens (tertiary/aromatic N) is 3. The Balaban J connectivity index is 1.82. The molecule has 4 rings (SSSR count). The minimum absolute atomic E-state index is 0.549. The van der Waals surface area contributed by atoms with Crippen LogP contribution >= 0.6 is 23.5 Å². The third kappa shape index (κ3) is 2.25. The van der Waals surface area contributed by atoms with Crippen molar-refractivity contribution < 1.29 is 0 Å². The van der Waals surface area contributed by atoms with Crippen LogP contribution in [0, 0.1) is 0 Å². The van der Waals surface area contributed by atoms with Gasteiger partial charge in [0.05, 0.1) is 10.6 Å². The number of hydrogen-bond donors (Lipinski definition) is 0. The summed E-state index contributed by atoms with van der Waals surface area (Å²) in [5.74, 6) is 3.83. The molecule has 3 nitrogen and oxygen atoms in total. The summed E-state index contributed by atoms with van der Waals surface area (Å²) in [5.41, 5.74) is 2.16. The predicted octanol–water partition coefficient (Wildman–Crippen LogP) is 4.42. The van der Waals surface area contributed by atoms with E-state index in [9.17, 15) is 0 Å². The monoisotopic (exact) mass is 305 g/mol. The summed E-state index contributed by atoms with van der Waals surface area (Å²) in [4.78, 5) is 9.57. The smallest absolute Gasteiger partial charge is 0.161 e. The molecule has 2 aliphatic heterocycles. The Morgan fingerprint density at radius 2 is 2.05 bits per heavy atom. The molecule has 2 fully saturated rings. The third-order valence-electron chi connectivity index (χ3n) is 4.14. The fourth-order valence-corrected chi connectivity index (χ4v) is 5.77. The van der Waals surface area contributed by atoms with E-state index in [2.05, 4.69) is 39.1 Å². The fourth-order valence-electron chi connectivity index (χ4n) is 3.17. The molecule has 2 unspecified atom stereocenters. The molecular weight excluding hydrogens is 286 g/mol. The zero-order valence-corrected chi connectivity index (χ0v) is 13.1. The summed E-state index contributed by atoms with van der Waals surface area (Å²) >= 11 is 4.15. The maximum absolute atomic E-state index is 4.95. The maximum atomic E-state index is 4.95. The second kappa shape index (κ2) is 5.60. The van der Waals surface area contributed by atoms with Gasteiger partial charge in [0.25, 0.3) is 0 Å². The first-order chi connectivity index (χ1) is 9.93. The van der Waals surface area contributed by atoms with Crippen LogP contribution in [0.1, 0.15) is 48.6 Å². The van der Waals surface area contributed by atoms with Crippen molar-refractivity contribution in [1.82, 2.24) is 14.5 Å². The minimum atomic E-state index is 0.549. The number of fused-ring (bicyclic) bond motifs is 1. The molecule has 0 amide bonds. The van der Waals surface area contributed by atoms with Crippen molar-refractivity contribution in [2.24, 2.45) is 0 Å². The molecule has 0 N–H and O–H groups in total. The number of hydrogen-bond acceptors (Lipinski definition) is 4. The number of pyridine rings is 1. The van der Waals surface area contributed by atoms with E-state index in [1.165, 1.54) is 49.4 Å². The van der Waals surface area contributed by atoms with Gasteiger partial charge in [-0.05, 0) is 49.3 Å². The highest BCUT2D eigenvalue weighted by Crippen LogP contribution is 2.44. The molecule has 2 aliphatic rings. The SMILES string of the molecule is c1cnc2c(c1)nc(C1CCCCS1)n2C1CCCS1. The molecule has 5 heteroatoms. The summed E-state index contributed by atoms with van der Waals surface area (Å²) in [5, 5.41) is 1.12. The van der Waals surface area contributed by atoms with Crippen molar-refractivity contribution in [3.05, 3.63) is 24.2 Å². The van der Waals surface area contributed by atoms with Gasteiger partial charge < -0.3 is 0 Å². The van der Waals surface area contributed by atoms with E-state index in [0.29, 0.717) is 10.6 Å². The van der Waals surface area contributed by atoms with E-state index in [4.69, 9.17) is 4.98 Å². The minimum Gasteiger partial charge on any atom is -0.299 e. The van der Waals surface area contributed by atoms with Gasteiger partial charge in [-0.2, -0.15) is 11.8 Å². The first-order valence-electron chi connectivity index (χ1n) is 7.49. The van der Waals surface area contributed by atoms with E-state index >= 15 is 0 Å². The second-order valence-corrected chi connectivity index (χ2v) is 8.11. The average molecular weight is 305 g/mol. The summed E-state index contributed by atoms with van der Waals surface area (Å²) in [6, 6.07) is 4.11. The number of thioether (sulfide) groups is 2. The lowest BCUT2D eigenvalue weighted by atomic mass is 10.2. The van der Waals surface area contributed by atoms with Crippen LogP contribution in [0.2, 0.25) is 0 Å². The third-order valence-corrected chi connectivity index (χ3v) is 6.87. The Hall–Kier alpha value is -0.680. The summed E-state index contributed by atoms with van der Waals surface area (Å²) in [6.07, 6.45) is 8.45. The van der Waals surface area contributed by atoms with Gasteiger partial charge in [-0.3, -0.25) is 4.57 Å². The van der Waals surface area contributed by atoms with E-state index in [1.54, 1.807) is 0 Å². The lowest BCUT2D eigenvalue weighted by Gasteiger charge is -2.24. The Labute approximate surface area is 127 Å². The van der Waals surface area contributed by atoms with Crippen LogP contribution < -0.4 is 0 Å².